The van der Waals surface area contributed by atoms with Gasteiger partial charge in [0.25, 0.3) is 10.1 Å². The molecule has 0 bridgehead atoms. The molecule has 7 heteroatoms. The van der Waals surface area contributed by atoms with Crippen LogP contribution >= 0.6 is 23.5 Å². The molecule has 0 amide bonds. The molecule has 1 aliphatic rings. The minimum atomic E-state index is -3.95. The van der Waals surface area contributed by atoms with Crippen LogP contribution in [0.3, 0.4) is 0 Å². The van der Waals surface area contributed by atoms with E-state index in [4.69, 9.17) is 4.55 Å². The molecular formula is C28H25NO3S3. The van der Waals surface area contributed by atoms with E-state index in [9.17, 15) is 8.42 Å². The first-order valence-corrected chi connectivity index (χ1v) is 15.1. The SMILES string of the molecule is CSC(SCCCS(=O)(=O)O)=C1c2ccccc2N(c2ccc3ccccc3c2)c2ccccc21. The lowest BCUT2D eigenvalue weighted by molar-refractivity contribution is 0.482. The zero-order valence-corrected chi connectivity index (χ0v) is 21.7. The highest BCUT2D eigenvalue weighted by Crippen LogP contribution is 2.52. The molecule has 1 N–H and O–H groups in total. The van der Waals surface area contributed by atoms with Gasteiger partial charge in [0, 0.05) is 26.6 Å². The quantitative estimate of drug-likeness (QED) is 0.175. The largest absolute Gasteiger partial charge is 0.309 e. The Balaban J connectivity index is 1.63. The third-order valence-corrected chi connectivity index (χ3v) is 9.18. The summed E-state index contributed by atoms with van der Waals surface area (Å²) in [6.45, 7) is 0. The van der Waals surface area contributed by atoms with E-state index in [1.54, 1.807) is 23.5 Å². The molecule has 4 aromatic rings. The van der Waals surface area contributed by atoms with Gasteiger partial charge in [0.2, 0.25) is 0 Å². The Kier molecular flexibility index (Phi) is 6.93. The Morgan fingerprint density at radius 1 is 0.829 bits per heavy atom. The maximum absolute atomic E-state index is 11.2. The van der Waals surface area contributed by atoms with Crippen LogP contribution in [0.15, 0.2) is 95.2 Å². The van der Waals surface area contributed by atoms with E-state index in [1.807, 2.05) is 0 Å². The molecule has 0 saturated heterocycles. The molecule has 0 radical (unpaired) electrons. The van der Waals surface area contributed by atoms with E-state index in [-0.39, 0.29) is 5.75 Å². The summed E-state index contributed by atoms with van der Waals surface area (Å²) in [5.74, 6) is 0.387. The first kappa shape index (κ1) is 24.0. The summed E-state index contributed by atoms with van der Waals surface area (Å²) >= 11 is 3.32. The maximum atomic E-state index is 11.2. The summed E-state index contributed by atoms with van der Waals surface area (Å²) in [6, 6.07) is 31.8. The number of hydrogen-bond acceptors (Lipinski definition) is 5. The Morgan fingerprint density at radius 2 is 1.43 bits per heavy atom. The summed E-state index contributed by atoms with van der Waals surface area (Å²) < 4.78 is 32.5. The van der Waals surface area contributed by atoms with Crippen LogP contribution in [0, 0.1) is 0 Å². The predicted molar refractivity (Wildman–Crippen MR) is 152 cm³/mol. The second-order valence-electron chi connectivity index (χ2n) is 8.26. The van der Waals surface area contributed by atoms with E-state index in [1.165, 1.54) is 10.8 Å². The van der Waals surface area contributed by atoms with Crippen LogP contribution < -0.4 is 4.90 Å². The molecule has 178 valence electrons. The number of para-hydroxylation sites is 2. The standard InChI is InChI=1S/C28H25NO3S3/c1-33-28(34-17-8-18-35(30,31)32)27-23-11-4-6-13-25(23)29(26-14-7-5-12-24(26)27)22-16-15-20-9-2-3-10-21(20)19-22/h2-7,9-16,19H,8,17-18H2,1H3,(H,30,31,32). The topological polar surface area (TPSA) is 57.6 Å². The highest BCUT2D eigenvalue weighted by molar-refractivity contribution is 8.22. The summed E-state index contributed by atoms with van der Waals surface area (Å²) in [5, 5.41) is 2.40. The van der Waals surface area contributed by atoms with Gasteiger partial charge in [-0.1, -0.05) is 66.7 Å². The van der Waals surface area contributed by atoms with E-state index >= 15 is 0 Å². The Morgan fingerprint density at radius 3 is 2.06 bits per heavy atom. The third kappa shape index (κ3) is 5.00. The number of nitrogens with zero attached hydrogens (tertiary/aromatic N) is 1. The van der Waals surface area contributed by atoms with Crippen molar-refractivity contribution in [3.8, 4) is 0 Å². The highest BCUT2D eigenvalue weighted by Gasteiger charge is 2.29. The molecule has 0 atom stereocenters. The van der Waals surface area contributed by atoms with Crippen LogP contribution in [-0.2, 0) is 10.1 Å². The number of anilines is 3. The molecule has 0 aromatic heterocycles. The molecule has 0 fully saturated rings. The van der Waals surface area contributed by atoms with Gasteiger partial charge in [0.05, 0.1) is 17.1 Å². The molecule has 1 heterocycles. The molecule has 0 spiro atoms. The number of benzene rings is 4. The second-order valence-corrected chi connectivity index (χ2v) is 12.0. The predicted octanol–water partition coefficient (Wildman–Crippen LogP) is 7.71. The maximum Gasteiger partial charge on any atom is 0.264 e. The van der Waals surface area contributed by atoms with Gasteiger partial charge in [-0.05, 0) is 53.5 Å². The number of rotatable bonds is 7. The second kappa shape index (κ2) is 10.1. The minimum absolute atomic E-state index is 0.222. The molecule has 0 unspecified atom stereocenters. The molecular weight excluding hydrogens is 495 g/mol. The van der Waals surface area contributed by atoms with Crippen LogP contribution in [-0.4, -0.2) is 30.7 Å². The van der Waals surface area contributed by atoms with Crippen molar-refractivity contribution in [2.45, 2.75) is 6.42 Å². The molecule has 4 aromatic carbocycles. The van der Waals surface area contributed by atoms with Crippen LogP contribution in [0.1, 0.15) is 17.5 Å². The first-order chi connectivity index (χ1) is 17.0. The van der Waals surface area contributed by atoms with Crippen LogP contribution in [0.25, 0.3) is 16.3 Å². The molecule has 35 heavy (non-hydrogen) atoms. The smallest absolute Gasteiger partial charge is 0.264 e. The van der Waals surface area contributed by atoms with Gasteiger partial charge in [-0.2, -0.15) is 8.42 Å². The number of thioether (sulfide) groups is 2. The molecule has 4 nitrogen and oxygen atoms in total. The van der Waals surface area contributed by atoms with Gasteiger partial charge >= 0.3 is 0 Å². The Bertz CT molecular complexity index is 1480. The monoisotopic (exact) mass is 519 g/mol. The summed E-state index contributed by atoms with van der Waals surface area (Å²) in [7, 11) is -3.95. The van der Waals surface area contributed by atoms with Crippen molar-refractivity contribution < 1.29 is 13.0 Å². The fraction of sp³-hybridized carbons (Fsp3) is 0.143. The third-order valence-electron chi connectivity index (χ3n) is 5.99. The van der Waals surface area contributed by atoms with Crippen molar-refractivity contribution in [3.05, 3.63) is 106 Å². The van der Waals surface area contributed by atoms with Crippen molar-refractivity contribution in [1.29, 1.82) is 0 Å². The normalized spacial score (nSPS) is 13.0. The van der Waals surface area contributed by atoms with Crippen LogP contribution in [0.5, 0.6) is 0 Å². The van der Waals surface area contributed by atoms with E-state index in [2.05, 4.69) is 102 Å². The van der Waals surface area contributed by atoms with E-state index < -0.39 is 10.1 Å². The van der Waals surface area contributed by atoms with E-state index in [0.717, 1.165) is 38.0 Å². The van der Waals surface area contributed by atoms with Gasteiger partial charge in [0.15, 0.2) is 0 Å². The van der Waals surface area contributed by atoms with Crippen LogP contribution in [0.2, 0.25) is 0 Å². The van der Waals surface area contributed by atoms with Gasteiger partial charge in [-0.15, -0.1) is 23.5 Å². The average molecular weight is 520 g/mol. The van der Waals surface area contributed by atoms with Crippen LogP contribution in [0.4, 0.5) is 17.1 Å². The Hall–Kier alpha value is -2.71. The fourth-order valence-electron chi connectivity index (χ4n) is 4.49. The van der Waals surface area contributed by atoms with Crippen molar-refractivity contribution >= 4 is 67.0 Å². The average Bonchev–Trinajstić information content (AvgIpc) is 2.87. The lowest BCUT2D eigenvalue weighted by Gasteiger charge is -2.35. The Labute approximate surface area is 214 Å². The number of hydrogen-bond donors (Lipinski definition) is 1. The molecule has 5 rings (SSSR count). The zero-order chi connectivity index (χ0) is 24.4. The summed E-state index contributed by atoms with van der Waals surface area (Å²) in [4.78, 5) is 2.32. The lowest BCUT2D eigenvalue weighted by atomic mass is 9.90. The lowest BCUT2D eigenvalue weighted by Crippen LogP contribution is -2.18. The number of fused-ring (bicyclic) bond motifs is 3. The van der Waals surface area contributed by atoms with Crippen molar-refractivity contribution in [2.75, 3.05) is 22.7 Å². The fourth-order valence-corrected chi connectivity index (χ4v) is 7.16. The summed E-state index contributed by atoms with van der Waals surface area (Å²) in [6.07, 6.45) is 2.45. The van der Waals surface area contributed by atoms with Crippen molar-refractivity contribution in [2.24, 2.45) is 0 Å². The zero-order valence-electron chi connectivity index (χ0n) is 19.2. The first-order valence-electron chi connectivity index (χ1n) is 11.3. The highest BCUT2D eigenvalue weighted by atomic mass is 32.2. The van der Waals surface area contributed by atoms with Crippen molar-refractivity contribution in [3.63, 3.8) is 0 Å². The van der Waals surface area contributed by atoms with Gasteiger partial charge in [0.1, 0.15) is 0 Å². The van der Waals surface area contributed by atoms with E-state index in [0.29, 0.717) is 12.2 Å². The minimum Gasteiger partial charge on any atom is -0.309 e. The molecule has 1 aliphatic heterocycles. The van der Waals surface area contributed by atoms with Gasteiger partial charge in [-0.25, -0.2) is 0 Å². The molecule has 0 saturated carbocycles. The van der Waals surface area contributed by atoms with Gasteiger partial charge in [-0.3, -0.25) is 4.55 Å². The van der Waals surface area contributed by atoms with Crippen molar-refractivity contribution in [1.82, 2.24) is 0 Å². The molecule has 0 aliphatic carbocycles. The summed E-state index contributed by atoms with van der Waals surface area (Å²) in [5.41, 5.74) is 6.78. The van der Waals surface area contributed by atoms with Gasteiger partial charge < -0.3 is 4.90 Å².